The van der Waals surface area contributed by atoms with Gasteiger partial charge in [0.25, 0.3) is 0 Å². The van der Waals surface area contributed by atoms with Gasteiger partial charge in [0.2, 0.25) is 0 Å². The molecule has 0 aliphatic carbocycles. The van der Waals surface area contributed by atoms with Crippen molar-refractivity contribution in [2.24, 2.45) is 0 Å². The van der Waals surface area contributed by atoms with Crippen molar-refractivity contribution in [3.8, 4) is 0 Å². The molecule has 0 saturated heterocycles. The number of halogens is 1. The molecule has 0 unspecified atom stereocenters. The third-order valence-electron chi connectivity index (χ3n) is 1.89. The third-order valence-corrected chi connectivity index (χ3v) is 1.89. The molecule has 0 atom stereocenters. The first-order valence-corrected chi connectivity index (χ1v) is 5.68. The van der Waals surface area contributed by atoms with Crippen molar-refractivity contribution in [2.45, 2.75) is 47.1 Å². The Morgan fingerprint density at radius 3 is 2.27 bits per heavy atom. The minimum Gasteiger partial charge on any atom is -0.383 e. The summed E-state index contributed by atoms with van der Waals surface area (Å²) in [6, 6.07) is 5.65. The van der Waals surface area contributed by atoms with Crippen molar-refractivity contribution in [1.82, 2.24) is 0 Å². The fourth-order valence-electron chi connectivity index (χ4n) is 1.26. The Kier molecular flexibility index (Phi) is 6.76. The van der Waals surface area contributed by atoms with Gasteiger partial charge in [-0.05, 0) is 38.0 Å². The van der Waals surface area contributed by atoms with Crippen molar-refractivity contribution in [3.05, 3.63) is 29.6 Å². The van der Waals surface area contributed by atoms with Gasteiger partial charge >= 0.3 is 0 Å². The van der Waals surface area contributed by atoms with E-state index in [9.17, 15) is 4.39 Å². The molecule has 0 amide bonds. The van der Waals surface area contributed by atoms with Gasteiger partial charge in [0.05, 0.1) is 0 Å². The molecule has 1 aromatic carbocycles. The summed E-state index contributed by atoms with van der Waals surface area (Å²) in [6.45, 7) is 10.0. The summed E-state index contributed by atoms with van der Waals surface area (Å²) in [5.74, 6) is -0.117. The molecule has 0 radical (unpaired) electrons. The predicted octanol–water partition coefficient (Wildman–Crippen LogP) is 4.23. The van der Waals surface area contributed by atoms with E-state index in [-0.39, 0.29) is 5.82 Å². The van der Waals surface area contributed by atoms with Crippen LogP contribution in [0, 0.1) is 5.82 Å². The smallest absolute Gasteiger partial charge is 0.128 e. The Morgan fingerprint density at radius 1 is 1.27 bits per heavy atom. The Balaban J connectivity index is 0.000000921. The highest BCUT2D eigenvalue weighted by Crippen LogP contribution is 2.15. The first kappa shape index (κ1) is 13.9. The first-order chi connectivity index (χ1) is 7.13. The number of benzene rings is 1. The lowest BCUT2D eigenvalue weighted by Crippen LogP contribution is -2.09. The maximum atomic E-state index is 13.3. The minimum atomic E-state index is -0.117. The number of nitrogens with one attached hydrogen (secondary N) is 1. The van der Waals surface area contributed by atoms with Gasteiger partial charge in [-0.2, -0.15) is 0 Å². The topological polar surface area (TPSA) is 12.0 Å². The van der Waals surface area contributed by atoms with Crippen molar-refractivity contribution in [2.75, 3.05) is 5.32 Å². The third kappa shape index (κ3) is 4.82. The number of hydrogen-bond acceptors (Lipinski definition) is 1. The van der Waals surface area contributed by atoms with Crippen molar-refractivity contribution in [3.63, 3.8) is 0 Å². The van der Waals surface area contributed by atoms with Crippen LogP contribution < -0.4 is 5.32 Å². The number of aryl methyl sites for hydroxylation is 1. The SMILES string of the molecule is CC.CCc1ccc(NC(C)C)cc1F. The van der Waals surface area contributed by atoms with Gasteiger partial charge in [-0.1, -0.05) is 26.8 Å². The fourth-order valence-corrected chi connectivity index (χ4v) is 1.26. The van der Waals surface area contributed by atoms with Crippen LogP contribution in [0.1, 0.15) is 40.2 Å². The van der Waals surface area contributed by atoms with Gasteiger partial charge in [0.1, 0.15) is 5.82 Å². The first-order valence-electron chi connectivity index (χ1n) is 5.68. The van der Waals surface area contributed by atoms with Crippen LogP contribution in [-0.2, 0) is 6.42 Å². The van der Waals surface area contributed by atoms with Gasteiger partial charge in [-0.15, -0.1) is 0 Å². The maximum Gasteiger partial charge on any atom is 0.128 e. The van der Waals surface area contributed by atoms with Gasteiger partial charge in [-0.25, -0.2) is 4.39 Å². The van der Waals surface area contributed by atoms with E-state index in [0.717, 1.165) is 17.7 Å². The summed E-state index contributed by atoms with van der Waals surface area (Å²) in [7, 11) is 0. The lowest BCUT2D eigenvalue weighted by atomic mass is 10.1. The highest BCUT2D eigenvalue weighted by Gasteiger charge is 2.01. The highest BCUT2D eigenvalue weighted by atomic mass is 19.1. The number of rotatable bonds is 3. The molecule has 1 aromatic rings. The molecule has 0 aliphatic heterocycles. The van der Waals surface area contributed by atoms with E-state index in [0.29, 0.717) is 6.04 Å². The highest BCUT2D eigenvalue weighted by molar-refractivity contribution is 5.45. The number of anilines is 1. The normalized spacial score (nSPS) is 9.53. The van der Waals surface area contributed by atoms with Crippen LogP contribution in [-0.4, -0.2) is 6.04 Å². The summed E-state index contributed by atoms with van der Waals surface area (Å²) < 4.78 is 13.3. The van der Waals surface area contributed by atoms with E-state index in [1.165, 1.54) is 0 Å². The van der Waals surface area contributed by atoms with E-state index in [1.54, 1.807) is 6.07 Å². The maximum absolute atomic E-state index is 13.3. The summed E-state index contributed by atoms with van der Waals surface area (Å²) in [4.78, 5) is 0. The molecule has 15 heavy (non-hydrogen) atoms. The lowest BCUT2D eigenvalue weighted by molar-refractivity contribution is 0.612. The average molecular weight is 211 g/mol. The quantitative estimate of drug-likeness (QED) is 0.788. The Bertz CT molecular complexity index is 282. The molecule has 0 heterocycles. The van der Waals surface area contributed by atoms with Crippen LogP contribution in [0.2, 0.25) is 0 Å². The van der Waals surface area contributed by atoms with E-state index in [2.05, 4.69) is 5.32 Å². The summed E-state index contributed by atoms with van der Waals surface area (Å²) >= 11 is 0. The number of hydrogen-bond donors (Lipinski definition) is 1. The Morgan fingerprint density at radius 2 is 1.87 bits per heavy atom. The molecule has 0 spiro atoms. The zero-order chi connectivity index (χ0) is 11.8. The van der Waals surface area contributed by atoms with Crippen LogP contribution in [0.25, 0.3) is 0 Å². The minimum absolute atomic E-state index is 0.117. The van der Waals surface area contributed by atoms with Crippen LogP contribution in [0.5, 0.6) is 0 Å². The molecule has 0 fully saturated rings. The second kappa shape index (κ2) is 7.27. The predicted molar refractivity (Wildman–Crippen MR) is 65.9 cm³/mol. The van der Waals surface area contributed by atoms with Crippen LogP contribution in [0.15, 0.2) is 18.2 Å². The molecule has 1 nitrogen and oxygen atoms in total. The van der Waals surface area contributed by atoms with Gasteiger partial charge in [-0.3, -0.25) is 0 Å². The van der Waals surface area contributed by atoms with Gasteiger partial charge in [0.15, 0.2) is 0 Å². The van der Waals surface area contributed by atoms with Crippen molar-refractivity contribution < 1.29 is 4.39 Å². The molecule has 0 saturated carbocycles. The standard InChI is InChI=1S/C11H16FN.C2H6/c1-4-9-5-6-10(7-11(9)12)13-8(2)3;1-2/h5-8,13H,4H2,1-3H3;1-2H3. The van der Waals surface area contributed by atoms with Crippen LogP contribution in [0.3, 0.4) is 0 Å². The molecular formula is C13H22FN. The van der Waals surface area contributed by atoms with Gasteiger partial charge < -0.3 is 5.32 Å². The molecular weight excluding hydrogens is 189 g/mol. The molecule has 2 heteroatoms. The molecule has 0 bridgehead atoms. The van der Waals surface area contributed by atoms with Crippen LogP contribution in [0.4, 0.5) is 10.1 Å². The monoisotopic (exact) mass is 211 g/mol. The summed E-state index contributed by atoms with van der Waals surface area (Å²) in [6.07, 6.45) is 0.744. The van der Waals surface area contributed by atoms with Gasteiger partial charge in [0, 0.05) is 11.7 Å². The fraction of sp³-hybridized carbons (Fsp3) is 0.538. The van der Waals surface area contributed by atoms with Crippen molar-refractivity contribution >= 4 is 5.69 Å². The summed E-state index contributed by atoms with van der Waals surface area (Å²) in [5.41, 5.74) is 1.62. The second-order valence-corrected chi connectivity index (χ2v) is 3.46. The van der Waals surface area contributed by atoms with E-state index in [4.69, 9.17) is 0 Å². The van der Waals surface area contributed by atoms with E-state index < -0.39 is 0 Å². The molecule has 1 N–H and O–H groups in total. The molecule has 0 aliphatic rings. The molecule has 86 valence electrons. The van der Waals surface area contributed by atoms with E-state index >= 15 is 0 Å². The largest absolute Gasteiger partial charge is 0.383 e. The second-order valence-electron chi connectivity index (χ2n) is 3.46. The summed E-state index contributed by atoms with van der Waals surface area (Å²) in [5, 5.41) is 3.16. The molecule has 0 aromatic heterocycles. The average Bonchev–Trinajstić information content (AvgIpc) is 2.20. The Labute approximate surface area is 92.7 Å². The zero-order valence-electron chi connectivity index (χ0n) is 10.4. The van der Waals surface area contributed by atoms with Crippen molar-refractivity contribution in [1.29, 1.82) is 0 Å². The van der Waals surface area contributed by atoms with Crippen LogP contribution >= 0.6 is 0 Å². The zero-order valence-corrected chi connectivity index (χ0v) is 10.4. The Hall–Kier alpha value is -1.05. The molecule has 1 rings (SSSR count). The lowest BCUT2D eigenvalue weighted by Gasteiger charge is -2.10. The van der Waals surface area contributed by atoms with E-state index in [1.807, 2.05) is 46.8 Å².